The molecule has 0 radical (unpaired) electrons. The highest BCUT2D eigenvalue weighted by Crippen LogP contribution is 2.31. The average Bonchev–Trinajstić information content (AvgIpc) is 3.00. The van der Waals surface area contributed by atoms with Crippen molar-refractivity contribution in [2.75, 3.05) is 67.0 Å². The summed E-state index contributed by atoms with van der Waals surface area (Å²) in [7, 11) is 1.74. The van der Waals surface area contributed by atoms with E-state index < -0.39 is 17.7 Å². The maximum atomic E-state index is 15.0. The third kappa shape index (κ3) is 5.88. The van der Waals surface area contributed by atoms with Gasteiger partial charge < -0.3 is 25.5 Å². The summed E-state index contributed by atoms with van der Waals surface area (Å²) < 4.78 is 35.1. The molecule has 2 fully saturated rings. The predicted molar refractivity (Wildman–Crippen MR) is 124 cm³/mol. The standard InChI is InChI=1S/C20H24F2N6O3.C2H4O/c1-24-11-15-12-27(20(29)31-15)14-8-16(21)19(17(22)9-14)26-4-5-28(30-7-6-26)18-3-2-13(23)10-25-18;1-2-3/h2-3,8-10,15,24H,4-7,11-12,23H2,1H3;2H,1H3/t15-;/m0./s1. The van der Waals surface area contributed by atoms with E-state index in [9.17, 15) is 13.6 Å². The smallest absolute Gasteiger partial charge is 0.414 e. The van der Waals surface area contributed by atoms with Crippen LogP contribution < -0.4 is 25.9 Å². The maximum absolute atomic E-state index is 15.0. The Morgan fingerprint density at radius 2 is 1.94 bits per heavy atom. The van der Waals surface area contributed by atoms with Gasteiger partial charge in [-0.05, 0) is 26.1 Å². The van der Waals surface area contributed by atoms with E-state index in [2.05, 4.69) is 10.3 Å². The van der Waals surface area contributed by atoms with Gasteiger partial charge in [0, 0.05) is 31.8 Å². The van der Waals surface area contributed by atoms with Crippen LogP contribution in [0.15, 0.2) is 30.5 Å². The van der Waals surface area contributed by atoms with Crippen LogP contribution in [-0.2, 0) is 14.4 Å². The predicted octanol–water partition coefficient (Wildman–Crippen LogP) is 1.95. The number of nitrogen functional groups attached to an aromatic ring is 1. The van der Waals surface area contributed by atoms with Crippen LogP contribution in [0, 0.1) is 11.6 Å². The molecular weight excluding hydrogens is 450 g/mol. The van der Waals surface area contributed by atoms with E-state index in [4.69, 9.17) is 20.1 Å². The minimum atomic E-state index is -0.751. The number of amides is 1. The number of hydrogen-bond donors (Lipinski definition) is 2. The fourth-order valence-electron chi connectivity index (χ4n) is 3.67. The first kappa shape index (κ1) is 25.1. The second-order valence-electron chi connectivity index (χ2n) is 7.54. The molecule has 10 nitrogen and oxygen atoms in total. The van der Waals surface area contributed by atoms with Gasteiger partial charge in [-0.25, -0.2) is 23.6 Å². The number of nitrogens with one attached hydrogen (secondary N) is 1. The number of ether oxygens (including phenoxy) is 1. The van der Waals surface area contributed by atoms with Crippen LogP contribution in [0.2, 0.25) is 0 Å². The highest BCUT2D eigenvalue weighted by Gasteiger charge is 2.33. The summed E-state index contributed by atoms with van der Waals surface area (Å²) in [6, 6.07) is 5.74. The first-order valence-corrected chi connectivity index (χ1v) is 10.8. The number of likely N-dealkylation sites (N-methyl/N-ethyl adjacent to an activating group) is 1. The molecule has 2 aliphatic rings. The lowest BCUT2D eigenvalue weighted by Crippen LogP contribution is -2.32. The van der Waals surface area contributed by atoms with Crippen molar-refractivity contribution in [3.8, 4) is 0 Å². The summed E-state index contributed by atoms with van der Waals surface area (Å²) in [5, 5.41) is 4.49. The lowest BCUT2D eigenvalue weighted by Gasteiger charge is -2.24. The van der Waals surface area contributed by atoms with Crippen molar-refractivity contribution >= 4 is 35.3 Å². The topological polar surface area (TPSA) is 113 Å². The van der Waals surface area contributed by atoms with Crippen molar-refractivity contribution in [1.29, 1.82) is 0 Å². The average molecular weight is 479 g/mol. The number of benzene rings is 1. The molecule has 0 unspecified atom stereocenters. The van der Waals surface area contributed by atoms with Gasteiger partial charge in [0.1, 0.15) is 18.1 Å². The molecule has 2 aliphatic heterocycles. The number of cyclic esters (lactones) is 1. The van der Waals surface area contributed by atoms with E-state index in [1.807, 2.05) is 0 Å². The summed E-state index contributed by atoms with van der Waals surface area (Å²) in [5.74, 6) is -0.936. The quantitative estimate of drug-likeness (QED) is 0.623. The number of halogens is 2. The normalized spacial score (nSPS) is 18.2. The largest absolute Gasteiger partial charge is 0.443 e. The van der Waals surface area contributed by atoms with Crippen molar-refractivity contribution in [1.82, 2.24) is 10.3 Å². The number of hydroxylamine groups is 1. The van der Waals surface area contributed by atoms with Gasteiger partial charge in [0.15, 0.2) is 17.5 Å². The van der Waals surface area contributed by atoms with Gasteiger partial charge in [0.25, 0.3) is 0 Å². The molecule has 0 spiro atoms. The SMILES string of the molecule is CC=O.CNC[C@H]1CN(c2cc(F)c(N3CCON(c4ccc(N)cn4)CC3)c(F)c2)C(=O)O1. The molecule has 1 aromatic heterocycles. The number of aromatic nitrogens is 1. The van der Waals surface area contributed by atoms with Gasteiger partial charge >= 0.3 is 6.09 Å². The van der Waals surface area contributed by atoms with Gasteiger partial charge in [-0.1, -0.05) is 0 Å². The van der Waals surface area contributed by atoms with Crippen molar-refractivity contribution in [3.63, 3.8) is 0 Å². The third-order valence-electron chi connectivity index (χ3n) is 5.14. The van der Waals surface area contributed by atoms with Crippen LogP contribution >= 0.6 is 0 Å². The highest BCUT2D eigenvalue weighted by atomic mass is 19.1. The van der Waals surface area contributed by atoms with E-state index in [1.54, 1.807) is 29.1 Å². The summed E-state index contributed by atoms with van der Waals surface area (Å²) in [5.41, 5.74) is 6.16. The summed E-state index contributed by atoms with van der Waals surface area (Å²) in [6.07, 6.45) is 1.27. The van der Waals surface area contributed by atoms with Crippen LogP contribution in [0.3, 0.4) is 0 Å². The van der Waals surface area contributed by atoms with Crippen LogP contribution in [0.4, 0.5) is 36.5 Å². The molecule has 0 bridgehead atoms. The Morgan fingerprint density at radius 3 is 2.56 bits per heavy atom. The number of carbonyl (C=O) groups is 2. The fourth-order valence-corrected chi connectivity index (χ4v) is 3.67. The number of nitrogens with zero attached hydrogens (tertiary/aromatic N) is 4. The lowest BCUT2D eigenvalue weighted by atomic mass is 10.2. The number of aldehydes is 1. The van der Waals surface area contributed by atoms with Gasteiger partial charge in [0.05, 0.1) is 37.3 Å². The van der Waals surface area contributed by atoms with E-state index in [1.165, 1.54) is 18.0 Å². The van der Waals surface area contributed by atoms with E-state index in [-0.39, 0.29) is 37.2 Å². The minimum absolute atomic E-state index is 0.126. The summed E-state index contributed by atoms with van der Waals surface area (Å²) >= 11 is 0. The van der Waals surface area contributed by atoms with Gasteiger partial charge in [-0.3, -0.25) is 9.74 Å². The van der Waals surface area contributed by atoms with Crippen LogP contribution in [0.5, 0.6) is 0 Å². The molecule has 184 valence electrons. The monoisotopic (exact) mass is 478 g/mol. The maximum Gasteiger partial charge on any atom is 0.414 e. The number of pyridine rings is 1. The van der Waals surface area contributed by atoms with Crippen LogP contribution in [0.1, 0.15) is 6.92 Å². The Kier molecular flexibility index (Phi) is 8.55. The van der Waals surface area contributed by atoms with Crippen LogP contribution in [-0.4, -0.2) is 69.8 Å². The van der Waals surface area contributed by atoms with Crippen molar-refractivity contribution in [2.45, 2.75) is 13.0 Å². The second kappa shape index (κ2) is 11.6. The molecule has 34 heavy (non-hydrogen) atoms. The molecule has 0 aliphatic carbocycles. The zero-order chi connectivity index (χ0) is 24.7. The van der Waals surface area contributed by atoms with Crippen LogP contribution in [0.25, 0.3) is 0 Å². The Bertz CT molecular complexity index is 971. The second-order valence-corrected chi connectivity index (χ2v) is 7.54. The molecule has 3 heterocycles. The van der Waals surface area contributed by atoms with Gasteiger partial charge in [-0.2, -0.15) is 0 Å². The molecule has 0 saturated carbocycles. The number of carbonyl (C=O) groups excluding carboxylic acids is 2. The van der Waals surface area contributed by atoms with Gasteiger partial charge in [0.2, 0.25) is 0 Å². The molecule has 1 aromatic carbocycles. The molecule has 4 rings (SSSR count). The van der Waals surface area contributed by atoms with E-state index in [0.717, 1.165) is 18.4 Å². The number of nitrogens with two attached hydrogens (primary N) is 1. The Hall–Kier alpha value is -3.51. The highest BCUT2D eigenvalue weighted by molar-refractivity contribution is 5.90. The Morgan fingerprint density at radius 1 is 1.24 bits per heavy atom. The number of hydrogen-bond acceptors (Lipinski definition) is 9. The number of rotatable bonds is 5. The van der Waals surface area contributed by atoms with Crippen molar-refractivity contribution < 1.29 is 27.9 Å². The third-order valence-corrected chi connectivity index (χ3v) is 5.14. The molecular formula is C22H28F2N6O4. The molecule has 3 N–H and O–H groups in total. The number of anilines is 4. The minimum Gasteiger partial charge on any atom is -0.443 e. The van der Waals surface area contributed by atoms with Crippen molar-refractivity contribution in [2.24, 2.45) is 0 Å². The van der Waals surface area contributed by atoms with E-state index >= 15 is 0 Å². The Labute approximate surface area is 196 Å². The Balaban J connectivity index is 0.00000103. The molecule has 12 heteroatoms. The fraction of sp³-hybridized carbons (Fsp3) is 0.409. The molecule has 2 saturated heterocycles. The first-order chi connectivity index (χ1) is 16.4. The molecule has 2 aromatic rings. The zero-order valence-corrected chi connectivity index (χ0v) is 19.0. The first-order valence-electron chi connectivity index (χ1n) is 10.8. The molecule has 1 amide bonds. The summed E-state index contributed by atoms with van der Waals surface area (Å²) in [6.45, 7) is 3.29. The van der Waals surface area contributed by atoms with E-state index in [0.29, 0.717) is 31.1 Å². The lowest BCUT2D eigenvalue weighted by molar-refractivity contribution is -0.106. The zero-order valence-electron chi connectivity index (χ0n) is 19.0. The summed E-state index contributed by atoms with van der Waals surface area (Å²) in [4.78, 5) is 33.6. The van der Waals surface area contributed by atoms with Gasteiger partial charge in [-0.15, -0.1) is 0 Å². The molecule has 1 atom stereocenters. The van der Waals surface area contributed by atoms with Crippen molar-refractivity contribution in [3.05, 3.63) is 42.1 Å².